The zero-order valence-electron chi connectivity index (χ0n) is 7.70. The van der Waals surface area contributed by atoms with Crippen LogP contribution in [0.2, 0.25) is 5.02 Å². The Morgan fingerprint density at radius 3 is 2.87 bits per heavy atom. The van der Waals surface area contributed by atoms with E-state index in [-0.39, 0.29) is 5.91 Å². The lowest BCUT2D eigenvalue weighted by molar-refractivity contribution is 0.102. The van der Waals surface area contributed by atoms with E-state index in [4.69, 9.17) is 11.6 Å². The third-order valence-corrected chi connectivity index (χ3v) is 2.21. The lowest BCUT2D eigenvalue weighted by Crippen LogP contribution is -2.11. The fraction of sp³-hybridized carbons (Fsp3) is 0. The largest absolute Gasteiger partial charge is 0.321 e. The number of para-hydroxylation sites is 1. The van der Waals surface area contributed by atoms with Crippen LogP contribution in [0.3, 0.4) is 0 Å². The first-order chi connectivity index (χ1) is 7.27. The maximum Gasteiger partial charge on any atom is 0.258 e. The second-order valence-electron chi connectivity index (χ2n) is 2.92. The Balaban J connectivity index is 2.17. The SMILES string of the molecule is O=C(Nc1ccccc1Cl)c1cn[nH]c1. The van der Waals surface area contributed by atoms with Crippen molar-refractivity contribution in [3.63, 3.8) is 0 Å². The van der Waals surface area contributed by atoms with Crippen molar-refractivity contribution in [3.05, 3.63) is 47.2 Å². The minimum Gasteiger partial charge on any atom is -0.321 e. The molecule has 2 rings (SSSR count). The Hall–Kier alpha value is -1.81. The number of hydrogen-bond acceptors (Lipinski definition) is 2. The minimum absolute atomic E-state index is 0.239. The van der Waals surface area contributed by atoms with Crippen LogP contribution in [-0.4, -0.2) is 16.1 Å². The number of anilines is 1. The first-order valence-electron chi connectivity index (χ1n) is 4.32. The van der Waals surface area contributed by atoms with E-state index in [2.05, 4.69) is 15.5 Å². The molecule has 0 spiro atoms. The molecule has 76 valence electrons. The number of benzene rings is 1. The van der Waals surface area contributed by atoms with Crippen LogP contribution in [-0.2, 0) is 0 Å². The Kier molecular flexibility index (Phi) is 2.69. The van der Waals surface area contributed by atoms with Gasteiger partial charge in [-0.2, -0.15) is 5.10 Å². The van der Waals surface area contributed by atoms with E-state index in [0.29, 0.717) is 16.3 Å². The van der Waals surface area contributed by atoms with E-state index in [0.717, 1.165) is 0 Å². The van der Waals surface area contributed by atoms with Gasteiger partial charge in [-0.05, 0) is 12.1 Å². The van der Waals surface area contributed by atoms with E-state index in [9.17, 15) is 4.79 Å². The van der Waals surface area contributed by atoms with Crippen LogP contribution >= 0.6 is 11.6 Å². The molecular formula is C10H8ClN3O. The van der Waals surface area contributed by atoms with Gasteiger partial charge in [-0.1, -0.05) is 23.7 Å². The van der Waals surface area contributed by atoms with Crippen molar-refractivity contribution < 1.29 is 4.79 Å². The summed E-state index contributed by atoms with van der Waals surface area (Å²) < 4.78 is 0. The maximum absolute atomic E-state index is 11.6. The molecule has 2 N–H and O–H groups in total. The van der Waals surface area contributed by atoms with Gasteiger partial charge in [0.15, 0.2) is 0 Å². The molecule has 1 aromatic carbocycles. The quantitative estimate of drug-likeness (QED) is 0.818. The minimum atomic E-state index is -0.239. The second-order valence-corrected chi connectivity index (χ2v) is 3.33. The summed E-state index contributed by atoms with van der Waals surface area (Å²) in [7, 11) is 0. The summed E-state index contributed by atoms with van der Waals surface area (Å²) in [6, 6.07) is 7.06. The van der Waals surface area contributed by atoms with Gasteiger partial charge in [-0.15, -0.1) is 0 Å². The number of carbonyl (C=O) groups excluding carboxylic acids is 1. The molecule has 0 radical (unpaired) electrons. The number of aromatic amines is 1. The summed E-state index contributed by atoms with van der Waals surface area (Å²) in [6.45, 7) is 0. The van der Waals surface area contributed by atoms with Crippen LogP contribution in [0.15, 0.2) is 36.7 Å². The Morgan fingerprint density at radius 2 is 2.20 bits per heavy atom. The number of carbonyl (C=O) groups is 1. The number of amides is 1. The molecule has 0 aliphatic rings. The average molecular weight is 222 g/mol. The predicted molar refractivity (Wildman–Crippen MR) is 58.0 cm³/mol. The molecule has 1 aromatic heterocycles. The normalized spacial score (nSPS) is 9.93. The van der Waals surface area contributed by atoms with Crippen LogP contribution in [0.5, 0.6) is 0 Å². The molecule has 2 aromatic rings. The van der Waals surface area contributed by atoms with Crippen molar-refractivity contribution in [1.82, 2.24) is 10.2 Å². The zero-order valence-corrected chi connectivity index (χ0v) is 8.45. The zero-order chi connectivity index (χ0) is 10.7. The Bertz CT molecular complexity index is 467. The average Bonchev–Trinajstić information content (AvgIpc) is 2.74. The summed E-state index contributed by atoms with van der Waals surface area (Å²) >= 11 is 5.89. The number of halogens is 1. The van der Waals surface area contributed by atoms with Gasteiger partial charge in [0.1, 0.15) is 0 Å². The van der Waals surface area contributed by atoms with Crippen molar-refractivity contribution >= 4 is 23.2 Å². The van der Waals surface area contributed by atoms with Crippen molar-refractivity contribution in [3.8, 4) is 0 Å². The monoisotopic (exact) mass is 221 g/mol. The van der Waals surface area contributed by atoms with E-state index in [1.54, 1.807) is 24.3 Å². The molecule has 0 saturated heterocycles. The van der Waals surface area contributed by atoms with Crippen LogP contribution in [0.4, 0.5) is 5.69 Å². The molecule has 5 heteroatoms. The van der Waals surface area contributed by atoms with E-state index >= 15 is 0 Å². The topological polar surface area (TPSA) is 57.8 Å². The Labute approximate surface area is 91.3 Å². The highest BCUT2D eigenvalue weighted by atomic mass is 35.5. The number of hydrogen-bond donors (Lipinski definition) is 2. The molecular weight excluding hydrogens is 214 g/mol. The highest BCUT2D eigenvalue weighted by Crippen LogP contribution is 2.20. The van der Waals surface area contributed by atoms with Gasteiger partial charge in [0.05, 0.1) is 22.5 Å². The van der Waals surface area contributed by atoms with Gasteiger partial charge in [0.2, 0.25) is 0 Å². The Morgan fingerprint density at radius 1 is 1.40 bits per heavy atom. The number of H-pyrrole nitrogens is 1. The third-order valence-electron chi connectivity index (χ3n) is 1.88. The smallest absolute Gasteiger partial charge is 0.258 e. The molecule has 0 bridgehead atoms. The van der Waals surface area contributed by atoms with Crippen LogP contribution < -0.4 is 5.32 Å². The molecule has 4 nitrogen and oxygen atoms in total. The van der Waals surface area contributed by atoms with Gasteiger partial charge in [-0.25, -0.2) is 0 Å². The van der Waals surface area contributed by atoms with Gasteiger partial charge in [0, 0.05) is 6.20 Å². The molecule has 1 amide bonds. The molecule has 1 heterocycles. The highest BCUT2D eigenvalue weighted by Gasteiger charge is 2.08. The first kappa shape index (κ1) is 9.73. The van der Waals surface area contributed by atoms with Crippen LogP contribution in [0.1, 0.15) is 10.4 Å². The third kappa shape index (κ3) is 2.16. The van der Waals surface area contributed by atoms with Gasteiger partial charge >= 0.3 is 0 Å². The summed E-state index contributed by atoms with van der Waals surface area (Å²) in [6.07, 6.45) is 2.97. The van der Waals surface area contributed by atoms with Crippen molar-refractivity contribution in [2.75, 3.05) is 5.32 Å². The lowest BCUT2D eigenvalue weighted by atomic mass is 10.3. The molecule has 0 aliphatic carbocycles. The van der Waals surface area contributed by atoms with Crippen LogP contribution in [0.25, 0.3) is 0 Å². The summed E-state index contributed by atoms with van der Waals surface area (Å²) in [5, 5.41) is 9.45. The summed E-state index contributed by atoms with van der Waals surface area (Å²) in [5.41, 5.74) is 1.06. The van der Waals surface area contributed by atoms with E-state index in [1.165, 1.54) is 12.4 Å². The molecule has 0 unspecified atom stereocenters. The van der Waals surface area contributed by atoms with E-state index < -0.39 is 0 Å². The summed E-state index contributed by atoms with van der Waals surface area (Å²) in [4.78, 5) is 11.6. The number of nitrogens with one attached hydrogen (secondary N) is 2. The molecule has 15 heavy (non-hydrogen) atoms. The van der Waals surface area contributed by atoms with Crippen molar-refractivity contribution in [2.45, 2.75) is 0 Å². The fourth-order valence-electron chi connectivity index (χ4n) is 1.13. The lowest BCUT2D eigenvalue weighted by Gasteiger charge is -2.04. The van der Waals surface area contributed by atoms with Crippen molar-refractivity contribution in [2.24, 2.45) is 0 Å². The highest BCUT2D eigenvalue weighted by molar-refractivity contribution is 6.33. The standard InChI is InChI=1S/C10H8ClN3O/c11-8-3-1-2-4-9(8)14-10(15)7-5-12-13-6-7/h1-6H,(H,12,13)(H,14,15). The first-order valence-corrected chi connectivity index (χ1v) is 4.70. The summed E-state index contributed by atoms with van der Waals surface area (Å²) in [5.74, 6) is -0.239. The number of rotatable bonds is 2. The molecule has 0 atom stereocenters. The van der Waals surface area contributed by atoms with Crippen molar-refractivity contribution in [1.29, 1.82) is 0 Å². The van der Waals surface area contributed by atoms with Gasteiger partial charge < -0.3 is 5.32 Å². The number of nitrogens with zero attached hydrogens (tertiary/aromatic N) is 1. The van der Waals surface area contributed by atoms with E-state index in [1.807, 2.05) is 0 Å². The van der Waals surface area contributed by atoms with Gasteiger partial charge in [-0.3, -0.25) is 9.89 Å². The molecule has 0 fully saturated rings. The fourth-order valence-corrected chi connectivity index (χ4v) is 1.32. The number of aromatic nitrogens is 2. The van der Waals surface area contributed by atoms with Crippen LogP contribution in [0, 0.1) is 0 Å². The maximum atomic E-state index is 11.6. The second kappa shape index (κ2) is 4.14. The van der Waals surface area contributed by atoms with Gasteiger partial charge in [0.25, 0.3) is 5.91 Å². The predicted octanol–water partition coefficient (Wildman–Crippen LogP) is 2.32. The molecule has 0 saturated carbocycles. The molecule has 0 aliphatic heterocycles.